The van der Waals surface area contributed by atoms with Gasteiger partial charge in [-0.2, -0.15) is 0 Å². The van der Waals surface area contributed by atoms with Gasteiger partial charge >= 0.3 is 0 Å². The maximum Gasteiger partial charge on any atom is 0.227 e. The van der Waals surface area contributed by atoms with Crippen LogP contribution in [0.15, 0.2) is 40.8 Å². The molecule has 4 nitrogen and oxygen atoms in total. The largest absolute Gasteiger partial charge is 0.436 e. The number of halogens is 1. The molecular formula is C17H15ClN2O2. The lowest BCUT2D eigenvalue weighted by Crippen LogP contribution is -2.08. The Morgan fingerprint density at radius 2 is 2.09 bits per heavy atom. The van der Waals surface area contributed by atoms with Crippen LogP contribution in [-0.2, 0) is 4.79 Å². The van der Waals surface area contributed by atoms with Crippen LogP contribution >= 0.6 is 11.6 Å². The zero-order chi connectivity index (χ0) is 15.7. The van der Waals surface area contributed by atoms with E-state index in [2.05, 4.69) is 10.3 Å². The van der Waals surface area contributed by atoms with Crippen LogP contribution in [0.2, 0.25) is 5.02 Å². The number of fused-ring (bicyclic) bond motifs is 1. The van der Waals surface area contributed by atoms with Gasteiger partial charge in [-0.15, -0.1) is 0 Å². The number of hydrogen-bond donors (Lipinski definition) is 1. The van der Waals surface area contributed by atoms with Crippen molar-refractivity contribution in [1.82, 2.24) is 4.98 Å². The first-order valence-corrected chi connectivity index (χ1v) is 7.41. The molecule has 1 amide bonds. The van der Waals surface area contributed by atoms with E-state index < -0.39 is 0 Å². The fourth-order valence-corrected chi connectivity index (χ4v) is 2.28. The Bertz CT molecular complexity index is 855. The van der Waals surface area contributed by atoms with Crippen LogP contribution in [0.5, 0.6) is 0 Å². The van der Waals surface area contributed by atoms with Crippen LogP contribution < -0.4 is 5.32 Å². The maximum atomic E-state index is 11.4. The highest BCUT2D eigenvalue weighted by atomic mass is 35.5. The highest BCUT2D eigenvalue weighted by Crippen LogP contribution is 2.28. The smallest absolute Gasteiger partial charge is 0.227 e. The van der Waals surface area contributed by atoms with Crippen LogP contribution in [0.1, 0.15) is 18.9 Å². The minimum Gasteiger partial charge on any atom is -0.436 e. The van der Waals surface area contributed by atoms with E-state index in [-0.39, 0.29) is 5.91 Å². The molecule has 0 aliphatic heterocycles. The van der Waals surface area contributed by atoms with Crippen molar-refractivity contribution in [3.63, 3.8) is 0 Å². The second kappa shape index (κ2) is 5.81. The highest BCUT2D eigenvalue weighted by molar-refractivity contribution is 6.31. The van der Waals surface area contributed by atoms with Crippen molar-refractivity contribution in [2.75, 3.05) is 5.32 Å². The third-order valence-corrected chi connectivity index (χ3v) is 3.82. The molecule has 1 N–H and O–H groups in total. The zero-order valence-corrected chi connectivity index (χ0v) is 13.1. The normalized spacial score (nSPS) is 10.9. The van der Waals surface area contributed by atoms with Crippen LogP contribution in [0.25, 0.3) is 22.6 Å². The minimum atomic E-state index is -0.0339. The van der Waals surface area contributed by atoms with Gasteiger partial charge in [0.2, 0.25) is 11.8 Å². The SMILES string of the molecule is CCC(=O)Nc1ccc2oc(-c3ccc(C)c(Cl)c3)nc2c1. The maximum absolute atomic E-state index is 11.4. The van der Waals surface area contributed by atoms with Gasteiger partial charge < -0.3 is 9.73 Å². The summed E-state index contributed by atoms with van der Waals surface area (Å²) < 4.78 is 5.75. The molecule has 0 fully saturated rings. The quantitative estimate of drug-likeness (QED) is 0.755. The number of hydrogen-bond acceptors (Lipinski definition) is 3. The molecule has 0 saturated carbocycles. The molecule has 0 atom stereocenters. The van der Waals surface area contributed by atoms with Gasteiger partial charge in [0.15, 0.2) is 5.58 Å². The molecule has 2 aromatic carbocycles. The Balaban J connectivity index is 1.98. The second-order valence-corrected chi connectivity index (χ2v) is 5.47. The van der Waals surface area contributed by atoms with Crippen molar-refractivity contribution in [3.05, 3.63) is 47.0 Å². The first-order valence-electron chi connectivity index (χ1n) is 7.04. The van der Waals surface area contributed by atoms with E-state index in [1.165, 1.54) is 0 Å². The van der Waals surface area contributed by atoms with Crippen molar-refractivity contribution < 1.29 is 9.21 Å². The summed E-state index contributed by atoms with van der Waals surface area (Å²) in [5, 5.41) is 3.48. The summed E-state index contributed by atoms with van der Waals surface area (Å²) in [6.07, 6.45) is 0.434. The average molecular weight is 315 g/mol. The molecule has 0 saturated heterocycles. The van der Waals surface area contributed by atoms with E-state index in [1.807, 2.05) is 32.0 Å². The van der Waals surface area contributed by atoms with Crippen LogP contribution in [0.4, 0.5) is 5.69 Å². The van der Waals surface area contributed by atoms with Gasteiger partial charge in [-0.25, -0.2) is 4.98 Å². The lowest BCUT2D eigenvalue weighted by Gasteiger charge is -2.01. The van der Waals surface area contributed by atoms with Gasteiger partial charge in [0.25, 0.3) is 0 Å². The molecule has 3 aromatic rings. The Morgan fingerprint density at radius 1 is 1.27 bits per heavy atom. The molecule has 0 bridgehead atoms. The summed E-state index contributed by atoms with van der Waals surface area (Å²) in [7, 11) is 0. The highest BCUT2D eigenvalue weighted by Gasteiger charge is 2.10. The first kappa shape index (κ1) is 14.6. The van der Waals surface area contributed by atoms with E-state index in [1.54, 1.807) is 18.2 Å². The zero-order valence-electron chi connectivity index (χ0n) is 12.3. The van der Waals surface area contributed by atoms with Crippen LogP contribution in [0.3, 0.4) is 0 Å². The molecule has 22 heavy (non-hydrogen) atoms. The number of oxazole rings is 1. The standard InChI is InChI=1S/C17H15ClN2O2/c1-3-16(21)19-12-6-7-15-14(9-12)20-17(22-15)11-5-4-10(2)13(18)8-11/h4-9H,3H2,1-2H3,(H,19,21). The van der Waals surface area contributed by atoms with Gasteiger partial charge in [-0.1, -0.05) is 24.6 Å². The molecule has 0 spiro atoms. The van der Waals surface area contributed by atoms with E-state index in [0.717, 1.165) is 11.1 Å². The molecule has 0 aliphatic carbocycles. The number of rotatable bonds is 3. The lowest BCUT2D eigenvalue weighted by atomic mass is 10.1. The van der Waals surface area contributed by atoms with Crippen molar-refractivity contribution in [2.24, 2.45) is 0 Å². The third-order valence-electron chi connectivity index (χ3n) is 3.41. The van der Waals surface area contributed by atoms with Crippen molar-refractivity contribution in [1.29, 1.82) is 0 Å². The van der Waals surface area contributed by atoms with Gasteiger partial charge in [0.1, 0.15) is 5.52 Å². The number of amides is 1. The van der Waals surface area contributed by atoms with Crippen molar-refractivity contribution >= 4 is 34.3 Å². The average Bonchev–Trinajstić information content (AvgIpc) is 2.93. The summed E-state index contributed by atoms with van der Waals surface area (Å²) >= 11 is 6.14. The molecule has 1 heterocycles. The fraction of sp³-hybridized carbons (Fsp3) is 0.176. The van der Waals surface area contributed by atoms with Crippen molar-refractivity contribution in [2.45, 2.75) is 20.3 Å². The molecule has 0 radical (unpaired) electrons. The summed E-state index contributed by atoms with van der Waals surface area (Å²) in [5.41, 5.74) is 3.90. The Hall–Kier alpha value is -2.33. The molecule has 0 aliphatic rings. The van der Waals surface area contributed by atoms with Gasteiger partial charge in [-0.05, 0) is 42.8 Å². The molecule has 5 heteroatoms. The van der Waals surface area contributed by atoms with E-state index >= 15 is 0 Å². The summed E-state index contributed by atoms with van der Waals surface area (Å²) in [5.74, 6) is 0.476. The molecule has 112 valence electrons. The van der Waals surface area contributed by atoms with Gasteiger partial charge in [0.05, 0.1) is 0 Å². The molecule has 0 unspecified atom stereocenters. The number of aryl methyl sites for hydroxylation is 1. The number of aromatic nitrogens is 1. The van der Waals surface area contributed by atoms with E-state index in [0.29, 0.717) is 34.1 Å². The number of carbonyl (C=O) groups excluding carboxylic acids is 1. The number of carbonyl (C=O) groups is 1. The fourth-order valence-electron chi connectivity index (χ4n) is 2.10. The number of benzene rings is 2. The Labute approximate surface area is 133 Å². The Kier molecular flexibility index (Phi) is 3.86. The van der Waals surface area contributed by atoms with Gasteiger partial charge in [0, 0.05) is 22.7 Å². The topological polar surface area (TPSA) is 55.1 Å². The third kappa shape index (κ3) is 2.83. The predicted molar refractivity (Wildman–Crippen MR) is 88.1 cm³/mol. The summed E-state index contributed by atoms with van der Waals surface area (Å²) in [4.78, 5) is 15.9. The minimum absolute atomic E-state index is 0.0339. The number of anilines is 1. The Morgan fingerprint density at radius 3 is 2.82 bits per heavy atom. The lowest BCUT2D eigenvalue weighted by molar-refractivity contribution is -0.115. The monoisotopic (exact) mass is 314 g/mol. The number of nitrogens with zero attached hydrogens (tertiary/aromatic N) is 1. The molecule has 3 rings (SSSR count). The van der Waals surface area contributed by atoms with Crippen molar-refractivity contribution in [3.8, 4) is 11.5 Å². The molecular weight excluding hydrogens is 300 g/mol. The van der Waals surface area contributed by atoms with Gasteiger partial charge in [-0.3, -0.25) is 4.79 Å². The number of nitrogens with one attached hydrogen (secondary N) is 1. The van der Waals surface area contributed by atoms with E-state index in [9.17, 15) is 4.79 Å². The molecule has 1 aromatic heterocycles. The first-order chi connectivity index (χ1) is 10.6. The van der Waals surface area contributed by atoms with Crippen LogP contribution in [-0.4, -0.2) is 10.9 Å². The predicted octanol–water partition coefficient (Wildman–Crippen LogP) is 4.81. The summed E-state index contributed by atoms with van der Waals surface area (Å²) in [6.45, 7) is 3.75. The summed E-state index contributed by atoms with van der Waals surface area (Å²) in [6, 6.07) is 11.1. The second-order valence-electron chi connectivity index (χ2n) is 5.07. The van der Waals surface area contributed by atoms with Crippen LogP contribution in [0, 0.1) is 6.92 Å². The van der Waals surface area contributed by atoms with E-state index in [4.69, 9.17) is 16.0 Å².